The van der Waals surface area contributed by atoms with Crippen molar-refractivity contribution < 1.29 is 14.4 Å². The maximum atomic E-state index is 10.7. The van der Waals surface area contributed by atoms with E-state index in [4.69, 9.17) is 9.47 Å². The van der Waals surface area contributed by atoms with Crippen molar-refractivity contribution >= 4 is 17.6 Å². The molecule has 7 heteroatoms. The Kier molecular flexibility index (Phi) is 4.51. The molecule has 0 N–H and O–H groups in total. The maximum absolute atomic E-state index is 10.7. The molecule has 0 amide bonds. The van der Waals surface area contributed by atoms with Gasteiger partial charge >= 0.3 is 0 Å². The molecule has 0 aliphatic carbocycles. The Hall–Kier alpha value is -3.22. The molecule has 1 aliphatic rings. The largest absolute Gasteiger partial charge is 0.486 e. The summed E-state index contributed by atoms with van der Waals surface area (Å²) in [4.78, 5) is 10.3. The van der Waals surface area contributed by atoms with Gasteiger partial charge < -0.3 is 9.47 Å². The summed E-state index contributed by atoms with van der Waals surface area (Å²) in [7, 11) is 0. The second-order valence-electron chi connectivity index (χ2n) is 5.14. The topological polar surface area (TPSA) is 86.3 Å². The van der Waals surface area contributed by atoms with E-state index < -0.39 is 4.92 Å². The summed E-state index contributed by atoms with van der Waals surface area (Å²) in [6, 6.07) is 11.8. The number of hydrogen-bond acceptors (Lipinski definition) is 6. The lowest BCUT2D eigenvalue weighted by molar-refractivity contribution is -0.384. The van der Waals surface area contributed by atoms with Crippen molar-refractivity contribution in [3.63, 3.8) is 0 Å². The molecule has 2 aromatic rings. The van der Waals surface area contributed by atoms with Crippen molar-refractivity contribution in [3.8, 4) is 11.5 Å². The third-order valence-electron chi connectivity index (χ3n) is 3.46. The minimum Gasteiger partial charge on any atom is -0.486 e. The quantitative estimate of drug-likeness (QED) is 0.490. The molecule has 1 aliphatic heterocycles. The van der Waals surface area contributed by atoms with Gasteiger partial charge in [-0.25, -0.2) is 0 Å². The third-order valence-corrected chi connectivity index (χ3v) is 3.46. The summed E-state index contributed by atoms with van der Waals surface area (Å²) in [6.45, 7) is 2.90. The van der Waals surface area contributed by atoms with Crippen LogP contribution < -0.4 is 9.47 Å². The number of hydrogen-bond donors (Lipinski definition) is 0. The van der Waals surface area contributed by atoms with Gasteiger partial charge in [-0.05, 0) is 25.1 Å². The van der Waals surface area contributed by atoms with E-state index in [-0.39, 0.29) is 5.69 Å². The van der Waals surface area contributed by atoms with Gasteiger partial charge in [0.1, 0.15) is 13.2 Å². The Bertz CT molecular complexity index is 830. The highest BCUT2D eigenvalue weighted by molar-refractivity contribution is 5.99. The molecule has 0 saturated heterocycles. The standard InChI is InChI=1S/C17H15N3O4/c1-12(14-5-6-16-17(10-14)24-8-7-23-16)19-18-11-13-3-2-4-15(9-13)20(21)22/h2-6,9-11H,7-8H2,1H3/b18-11+,19-12-. The average Bonchev–Trinajstić information content (AvgIpc) is 2.61. The van der Waals surface area contributed by atoms with Crippen molar-refractivity contribution in [1.29, 1.82) is 0 Å². The van der Waals surface area contributed by atoms with Gasteiger partial charge in [-0.1, -0.05) is 12.1 Å². The maximum Gasteiger partial charge on any atom is 0.270 e. The predicted octanol–water partition coefficient (Wildman–Crippen LogP) is 3.21. The third kappa shape index (κ3) is 3.57. The van der Waals surface area contributed by atoms with Crippen molar-refractivity contribution in [2.75, 3.05) is 13.2 Å². The summed E-state index contributed by atoms with van der Waals surface area (Å²) in [6.07, 6.45) is 1.48. The van der Waals surface area contributed by atoms with Crippen molar-refractivity contribution in [1.82, 2.24) is 0 Å². The number of non-ortho nitro benzene ring substituents is 1. The first-order chi connectivity index (χ1) is 11.6. The SMILES string of the molecule is C/C(=N/N=C/c1cccc([N+](=O)[O-])c1)c1ccc2c(c1)OCCO2. The van der Waals surface area contributed by atoms with E-state index in [1.165, 1.54) is 18.3 Å². The predicted molar refractivity (Wildman–Crippen MR) is 90.3 cm³/mol. The lowest BCUT2D eigenvalue weighted by Crippen LogP contribution is -2.15. The molecule has 0 unspecified atom stereocenters. The molecule has 0 saturated carbocycles. The van der Waals surface area contributed by atoms with Gasteiger partial charge in [0, 0.05) is 23.3 Å². The van der Waals surface area contributed by atoms with Crippen LogP contribution in [0.25, 0.3) is 0 Å². The van der Waals surface area contributed by atoms with Gasteiger partial charge in [-0.3, -0.25) is 10.1 Å². The number of fused-ring (bicyclic) bond motifs is 1. The molecular weight excluding hydrogens is 310 g/mol. The Morgan fingerprint density at radius 2 is 1.96 bits per heavy atom. The van der Waals surface area contributed by atoms with Crippen LogP contribution in [0.15, 0.2) is 52.7 Å². The first-order valence-corrected chi connectivity index (χ1v) is 7.35. The average molecular weight is 325 g/mol. The minimum atomic E-state index is -0.443. The highest BCUT2D eigenvalue weighted by Gasteiger charge is 2.12. The Morgan fingerprint density at radius 3 is 2.75 bits per heavy atom. The molecule has 1 heterocycles. The van der Waals surface area contributed by atoms with Crippen LogP contribution in [0.1, 0.15) is 18.1 Å². The second kappa shape index (κ2) is 6.91. The molecule has 24 heavy (non-hydrogen) atoms. The van der Waals surface area contributed by atoms with Crippen LogP contribution in [-0.4, -0.2) is 30.1 Å². The van der Waals surface area contributed by atoms with Crippen LogP contribution >= 0.6 is 0 Å². The lowest BCUT2D eigenvalue weighted by Gasteiger charge is -2.18. The normalized spacial score (nSPS) is 14.0. The summed E-state index contributed by atoms with van der Waals surface area (Å²) in [5.41, 5.74) is 2.21. The Labute approximate surface area is 138 Å². The van der Waals surface area contributed by atoms with E-state index >= 15 is 0 Å². The molecule has 0 fully saturated rings. The van der Waals surface area contributed by atoms with Crippen molar-refractivity contribution in [3.05, 3.63) is 63.7 Å². The zero-order valence-corrected chi connectivity index (χ0v) is 13.0. The highest BCUT2D eigenvalue weighted by Crippen LogP contribution is 2.30. The molecule has 0 atom stereocenters. The molecular formula is C17H15N3O4. The number of nitrogens with zero attached hydrogens (tertiary/aromatic N) is 3. The van der Waals surface area contributed by atoms with Crippen LogP contribution in [0, 0.1) is 10.1 Å². The fourth-order valence-electron chi connectivity index (χ4n) is 2.23. The zero-order chi connectivity index (χ0) is 16.9. The molecule has 122 valence electrons. The smallest absolute Gasteiger partial charge is 0.270 e. The van der Waals surface area contributed by atoms with E-state index in [0.717, 1.165) is 11.3 Å². The van der Waals surface area contributed by atoms with Crippen LogP contribution in [0.4, 0.5) is 5.69 Å². The molecule has 0 spiro atoms. The van der Waals surface area contributed by atoms with Gasteiger partial charge in [-0.2, -0.15) is 10.2 Å². The summed E-state index contributed by atoms with van der Waals surface area (Å²) < 4.78 is 11.0. The Balaban J connectivity index is 1.76. The first kappa shape index (κ1) is 15.7. The van der Waals surface area contributed by atoms with Crippen LogP contribution in [0.3, 0.4) is 0 Å². The number of nitro benzene ring substituents is 1. The second-order valence-corrected chi connectivity index (χ2v) is 5.14. The number of rotatable bonds is 4. The Morgan fingerprint density at radius 1 is 1.17 bits per heavy atom. The van der Waals surface area contributed by atoms with Gasteiger partial charge in [0.15, 0.2) is 11.5 Å². The van der Waals surface area contributed by atoms with E-state index in [2.05, 4.69) is 10.2 Å². The summed E-state index contributed by atoms with van der Waals surface area (Å²) in [5.74, 6) is 1.41. The van der Waals surface area contributed by atoms with E-state index in [0.29, 0.717) is 30.2 Å². The molecule has 0 aromatic heterocycles. The minimum absolute atomic E-state index is 0.0199. The molecule has 3 rings (SSSR count). The number of nitro groups is 1. The molecule has 2 aromatic carbocycles. The van der Waals surface area contributed by atoms with Crippen LogP contribution in [0.5, 0.6) is 11.5 Å². The zero-order valence-electron chi connectivity index (χ0n) is 13.0. The van der Waals surface area contributed by atoms with Gasteiger partial charge in [-0.15, -0.1) is 0 Å². The van der Waals surface area contributed by atoms with Gasteiger partial charge in [0.05, 0.1) is 16.8 Å². The highest BCUT2D eigenvalue weighted by atomic mass is 16.6. The van der Waals surface area contributed by atoms with E-state index in [1.54, 1.807) is 12.1 Å². The van der Waals surface area contributed by atoms with Crippen molar-refractivity contribution in [2.45, 2.75) is 6.92 Å². The fourth-order valence-corrected chi connectivity index (χ4v) is 2.23. The summed E-state index contributed by atoms with van der Waals surface area (Å²) >= 11 is 0. The molecule has 7 nitrogen and oxygen atoms in total. The van der Waals surface area contributed by atoms with Gasteiger partial charge in [0.2, 0.25) is 0 Å². The monoisotopic (exact) mass is 325 g/mol. The van der Waals surface area contributed by atoms with Gasteiger partial charge in [0.25, 0.3) is 5.69 Å². The summed E-state index contributed by atoms with van der Waals surface area (Å²) in [5, 5.41) is 18.9. The first-order valence-electron chi connectivity index (χ1n) is 7.35. The number of ether oxygens (including phenoxy) is 2. The molecule has 0 bridgehead atoms. The fraction of sp³-hybridized carbons (Fsp3) is 0.176. The molecule has 0 radical (unpaired) electrons. The van der Waals surface area contributed by atoms with Crippen molar-refractivity contribution in [2.24, 2.45) is 10.2 Å². The lowest BCUT2D eigenvalue weighted by atomic mass is 10.1. The van der Waals surface area contributed by atoms with E-state index in [1.807, 2.05) is 25.1 Å². The van der Waals surface area contributed by atoms with E-state index in [9.17, 15) is 10.1 Å². The van der Waals surface area contributed by atoms with Crippen LogP contribution in [0.2, 0.25) is 0 Å². The van der Waals surface area contributed by atoms with Crippen LogP contribution in [-0.2, 0) is 0 Å². The number of benzene rings is 2.